The third kappa shape index (κ3) is 12.5. The molecule has 310 valence electrons. The Balaban J connectivity index is 1.05. The van der Waals surface area contributed by atoms with Crippen molar-refractivity contribution in [1.29, 1.82) is 0 Å². The number of hydrogen-bond acceptors (Lipinski definition) is 11. The van der Waals surface area contributed by atoms with Crippen molar-refractivity contribution in [3.8, 4) is 11.1 Å². The van der Waals surface area contributed by atoms with Crippen molar-refractivity contribution in [3.05, 3.63) is 148 Å². The highest BCUT2D eigenvalue weighted by molar-refractivity contribution is 7.99. The van der Waals surface area contributed by atoms with Gasteiger partial charge in [0.25, 0.3) is 21.6 Å². The lowest BCUT2D eigenvalue weighted by Gasteiger charge is -2.36. The number of nitro benzene ring substituents is 1. The van der Waals surface area contributed by atoms with Crippen molar-refractivity contribution in [2.75, 3.05) is 75.9 Å². The molecule has 1 heterocycles. The molecule has 59 heavy (non-hydrogen) atoms. The molecule has 0 bridgehead atoms. The number of nitrogens with one attached hydrogen (secondary N) is 3. The molecule has 15 heteroatoms. The Kier molecular flexibility index (Phi) is 15.4. The Labute approximate surface area is 356 Å². The number of carbonyl (C=O) groups excluding carboxylic acids is 1. The molecule has 0 aromatic heterocycles. The number of rotatable bonds is 19. The monoisotopic (exact) mass is 855 g/mol. The fourth-order valence-electron chi connectivity index (χ4n) is 6.87. The van der Waals surface area contributed by atoms with E-state index < -0.39 is 26.5 Å². The quantitative estimate of drug-likeness (QED) is 0.0330. The van der Waals surface area contributed by atoms with Crippen molar-refractivity contribution in [2.45, 2.75) is 28.8 Å². The lowest BCUT2D eigenvalue weighted by atomic mass is 9.99. The van der Waals surface area contributed by atoms with Crippen LogP contribution in [-0.2, 0) is 16.6 Å². The predicted octanol–water partition coefficient (Wildman–Crippen LogP) is 7.47. The Morgan fingerprint density at radius 1 is 0.898 bits per heavy atom. The Bertz CT molecular complexity index is 2270. The van der Waals surface area contributed by atoms with Crippen molar-refractivity contribution >= 4 is 56.4 Å². The number of nitro groups is 1. The highest BCUT2D eigenvalue weighted by Crippen LogP contribution is 2.30. The van der Waals surface area contributed by atoms with Gasteiger partial charge in [-0.05, 0) is 111 Å². The molecule has 1 amide bonds. The molecule has 5 aromatic carbocycles. The van der Waals surface area contributed by atoms with Crippen LogP contribution in [0.5, 0.6) is 0 Å². The number of sulfonamides is 1. The number of hydrogen-bond donors (Lipinski definition) is 3. The van der Waals surface area contributed by atoms with Crippen LogP contribution in [0.25, 0.3) is 11.1 Å². The van der Waals surface area contributed by atoms with E-state index in [1.807, 2.05) is 86.9 Å². The molecule has 0 unspecified atom stereocenters. The number of amides is 1. The molecular weight excluding hydrogens is 806 g/mol. The van der Waals surface area contributed by atoms with Gasteiger partial charge in [0, 0.05) is 78.3 Å². The first kappa shape index (κ1) is 43.6. The van der Waals surface area contributed by atoms with E-state index in [1.165, 1.54) is 23.3 Å². The van der Waals surface area contributed by atoms with Gasteiger partial charge in [0.05, 0.1) is 9.82 Å². The van der Waals surface area contributed by atoms with Crippen molar-refractivity contribution < 1.29 is 18.1 Å². The van der Waals surface area contributed by atoms with E-state index in [2.05, 4.69) is 48.3 Å². The van der Waals surface area contributed by atoms with Gasteiger partial charge in [-0.25, -0.2) is 13.1 Å². The fraction of sp³-hybridized carbons (Fsp3) is 0.295. The minimum atomic E-state index is -4.44. The van der Waals surface area contributed by atoms with Crippen LogP contribution in [0.4, 0.5) is 17.1 Å². The molecule has 3 N–H and O–H groups in total. The molecule has 5 aromatic rings. The second kappa shape index (κ2) is 20.8. The summed E-state index contributed by atoms with van der Waals surface area (Å²) in [6, 6.07) is 36.4. The summed E-state index contributed by atoms with van der Waals surface area (Å²) in [5, 5.41) is 19.7. The topological polar surface area (TPSA) is 140 Å². The first-order chi connectivity index (χ1) is 28.4. The molecule has 0 saturated carbocycles. The van der Waals surface area contributed by atoms with Crippen LogP contribution in [0.3, 0.4) is 0 Å². The minimum Gasteiger partial charge on any atom is -0.375 e. The average Bonchev–Trinajstić information content (AvgIpc) is 3.23. The molecule has 1 atom stereocenters. The van der Waals surface area contributed by atoms with Crippen LogP contribution < -0.4 is 20.3 Å². The maximum atomic E-state index is 13.4. The van der Waals surface area contributed by atoms with Crippen LogP contribution >= 0.6 is 23.4 Å². The van der Waals surface area contributed by atoms with E-state index in [0.29, 0.717) is 17.3 Å². The Morgan fingerprint density at radius 2 is 1.59 bits per heavy atom. The highest BCUT2D eigenvalue weighted by atomic mass is 35.5. The predicted molar refractivity (Wildman–Crippen MR) is 239 cm³/mol. The summed E-state index contributed by atoms with van der Waals surface area (Å²) in [5.41, 5.74) is 4.41. The Morgan fingerprint density at radius 3 is 2.29 bits per heavy atom. The number of anilines is 2. The van der Waals surface area contributed by atoms with Gasteiger partial charge in [0.1, 0.15) is 5.69 Å². The maximum Gasteiger partial charge on any atom is 0.293 e. The Hall–Kier alpha value is -4.96. The summed E-state index contributed by atoms with van der Waals surface area (Å²) < 4.78 is 28.9. The number of benzene rings is 5. The summed E-state index contributed by atoms with van der Waals surface area (Å²) in [5.74, 6) is -0.225. The summed E-state index contributed by atoms with van der Waals surface area (Å²) in [7, 11) is -0.410. The normalized spacial score (nSPS) is 13.9. The fourth-order valence-corrected chi connectivity index (χ4v) is 8.94. The molecule has 1 fully saturated rings. The van der Waals surface area contributed by atoms with Crippen LogP contribution in [-0.4, -0.2) is 101 Å². The molecule has 12 nitrogen and oxygen atoms in total. The van der Waals surface area contributed by atoms with Gasteiger partial charge in [0.15, 0.2) is 0 Å². The second-order valence-electron chi connectivity index (χ2n) is 14.7. The molecule has 0 spiro atoms. The van der Waals surface area contributed by atoms with Gasteiger partial charge in [0.2, 0.25) is 0 Å². The third-order valence-corrected chi connectivity index (χ3v) is 12.8. The average molecular weight is 857 g/mol. The van der Waals surface area contributed by atoms with Crippen LogP contribution in [0.15, 0.2) is 131 Å². The standard InChI is InChI=1S/C44H50ClN7O5S2/c1-49(2)24-8-23-46-30-37(32-58-39-10-4-3-5-11-39)47-42-22-21-40(29-43(42)52(54)55)59(56,57)48-44(53)34-15-19-38(20-16-34)51-27-25-50(26-28-51)31-35-9-6-7-12-41(35)33-13-17-36(45)18-14-33/h3-7,9-22,29,37,46-47H,8,23-28,30-32H2,1-2H3,(H,48,53)/t37-/m1/s1. The maximum absolute atomic E-state index is 13.4. The number of thioether (sulfide) groups is 1. The summed E-state index contributed by atoms with van der Waals surface area (Å²) in [6.07, 6.45) is 0.940. The molecule has 6 rings (SSSR count). The van der Waals surface area contributed by atoms with E-state index in [9.17, 15) is 23.3 Å². The zero-order chi connectivity index (χ0) is 41.8. The smallest absolute Gasteiger partial charge is 0.293 e. The summed E-state index contributed by atoms with van der Waals surface area (Å²) >= 11 is 7.74. The number of piperazine rings is 1. The van der Waals surface area contributed by atoms with Gasteiger partial charge >= 0.3 is 0 Å². The van der Waals surface area contributed by atoms with Gasteiger partial charge in [-0.3, -0.25) is 19.8 Å². The van der Waals surface area contributed by atoms with Gasteiger partial charge in [-0.15, -0.1) is 11.8 Å². The lowest BCUT2D eigenvalue weighted by Crippen LogP contribution is -2.46. The molecule has 0 aliphatic carbocycles. The van der Waals surface area contributed by atoms with Gasteiger partial charge in [-0.1, -0.05) is 66.2 Å². The summed E-state index contributed by atoms with van der Waals surface area (Å²) in [6.45, 7) is 6.30. The van der Waals surface area contributed by atoms with E-state index in [4.69, 9.17) is 11.6 Å². The van der Waals surface area contributed by atoms with E-state index in [1.54, 1.807) is 23.9 Å². The van der Waals surface area contributed by atoms with Gasteiger partial charge < -0.3 is 20.4 Å². The lowest BCUT2D eigenvalue weighted by molar-refractivity contribution is -0.384. The first-order valence-corrected chi connectivity index (χ1v) is 22.4. The third-order valence-electron chi connectivity index (χ3n) is 10.0. The second-order valence-corrected chi connectivity index (χ2v) is 17.9. The summed E-state index contributed by atoms with van der Waals surface area (Å²) in [4.78, 5) is 32.3. The van der Waals surface area contributed by atoms with Gasteiger partial charge in [-0.2, -0.15) is 0 Å². The van der Waals surface area contributed by atoms with Crippen molar-refractivity contribution in [3.63, 3.8) is 0 Å². The SMILES string of the molecule is CN(C)CCCNC[C@H](CSc1ccccc1)Nc1ccc(S(=O)(=O)NC(=O)c2ccc(N3CCN(Cc4ccccc4-c4ccc(Cl)cc4)CC3)cc2)cc1[N+](=O)[O-]. The minimum absolute atomic E-state index is 0.152. The van der Waals surface area contributed by atoms with E-state index in [-0.39, 0.29) is 22.2 Å². The van der Waals surface area contributed by atoms with Crippen LogP contribution in [0, 0.1) is 10.1 Å². The number of halogens is 1. The highest BCUT2D eigenvalue weighted by Gasteiger charge is 2.26. The molecule has 1 saturated heterocycles. The molecule has 1 aliphatic rings. The van der Waals surface area contributed by atoms with Crippen LogP contribution in [0.1, 0.15) is 22.3 Å². The van der Waals surface area contributed by atoms with Crippen LogP contribution in [0.2, 0.25) is 5.02 Å². The van der Waals surface area contributed by atoms with Crippen molar-refractivity contribution in [1.82, 2.24) is 19.8 Å². The molecule has 0 radical (unpaired) electrons. The zero-order valence-electron chi connectivity index (χ0n) is 33.2. The number of carbonyl (C=O) groups is 1. The van der Waals surface area contributed by atoms with Crippen molar-refractivity contribution in [2.24, 2.45) is 0 Å². The zero-order valence-corrected chi connectivity index (χ0v) is 35.6. The first-order valence-electron chi connectivity index (χ1n) is 19.5. The largest absolute Gasteiger partial charge is 0.375 e. The molecule has 1 aliphatic heterocycles. The van der Waals surface area contributed by atoms with E-state index in [0.717, 1.165) is 74.4 Å². The van der Waals surface area contributed by atoms with E-state index >= 15 is 0 Å². The number of nitrogens with zero attached hydrogens (tertiary/aromatic N) is 4. The molecular formula is C44H50ClN7O5S2.